The zero-order valence-corrected chi connectivity index (χ0v) is 32.1. The van der Waals surface area contributed by atoms with Crippen LogP contribution in [0.2, 0.25) is 0 Å². The molecule has 0 spiro atoms. The minimum absolute atomic E-state index is 0.985. The number of halogens is 1. The van der Waals surface area contributed by atoms with Gasteiger partial charge in [0.1, 0.15) is 6.54 Å². The summed E-state index contributed by atoms with van der Waals surface area (Å²) in [5, 5.41) is 0. The van der Waals surface area contributed by atoms with E-state index in [9.17, 15) is 0 Å². The van der Waals surface area contributed by atoms with Gasteiger partial charge in [0.05, 0.1) is 4.47 Å². The Kier molecular flexibility index (Phi) is 25.0. The summed E-state index contributed by atoms with van der Waals surface area (Å²) in [5.74, 6) is 0. The Balaban J connectivity index is 1.76. The number of hydrogen-bond acceptors (Lipinski definition) is 1. The molecule has 46 heavy (non-hydrogen) atoms. The fourth-order valence-corrected chi connectivity index (χ4v) is 7.02. The van der Waals surface area contributed by atoms with Crippen LogP contribution in [0.3, 0.4) is 0 Å². The van der Waals surface area contributed by atoms with Gasteiger partial charge in [-0.3, -0.25) is 0 Å². The van der Waals surface area contributed by atoms with Gasteiger partial charge in [0.25, 0.3) is 0 Å². The third kappa shape index (κ3) is 19.9. The molecule has 0 saturated heterocycles. The SMILES string of the molecule is CCCCCCCCCCCCCCN(CCCCCCCCCCCCCC)c1ccc(/C=C/c2cc[n+](CC)cc2Br)cc1. The molecule has 0 aliphatic rings. The fraction of sp³-hybridized carbons (Fsp3) is 0.698. The van der Waals surface area contributed by atoms with Gasteiger partial charge in [-0.15, -0.1) is 0 Å². The molecular weight excluding hydrogens is 624 g/mol. The minimum Gasteiger partial charge on any atom is -0.372 e. The van der Waals surface area contributed by atoms with Gasteiger partial charge in [0, 0.05) is 30.4 Å². The lowest BCUT2D eigenvalue weighted by molar-refractivity contribution is -0.694. The van der Waals surface area contributed by atoms with Crippen LogP contribution in [-0.4, -0.2) is 13.1 Å². The summed E-state index contributed by atoms with van der Waals surface area (Å²) in [6.45, 7) is 10.2. The number of aryl methyl sites for hydroxylation is 1. The van der Waals surface area contributed by atoms with E-state index in [4.69, 9.17) is 0 Å². The number of benzene rings is 1. The third-order valence-electron chi connectivity index (χ3n) is 9.64. The number of pyridine rings is 1. The van der Waals surface area contributed by atoms with Gasteiger partial charge < -0.3 is 4.90 Å². The van der Waals surface area contributed by atoms with Gasteiger partial charge in [0.15, 0.2) is 12.4 Å². The molecule has 2 rings (SSSR count). The van der Waals surface area contributed by atoms with E-state index in [0.29, 0.717) is 0 Å². The van der Waals surface area contributed by atoms with Gasteiger partial charge in [-0.1, -0.05) is 179 Å². The number of aromatic nitrogens is 1. The first-order valence-corrected chi connectivity index (χ1v) is 20.7. The molecule has 260 valence electrons. The van der Waals surface area contributed by atoms with E-state index >= 15 is 0 Å². The van der Waals surface area contributed by atoms with Gasteiger partial charge >= 0.3 is 0 Å². The van der Waals surface area contributed by atoms with Crippen LogP contribution in [0.25, 0.3) is 12.2 Å². The lowest BCUT2D eigenvalue weighted by atomic mass is 10.0. The van der Waals surface area contributed by atoms with Crippen molar-refractivity contribution in [2.45, 2.75) is 181 Å². The highest BCUT2D eigenvalue weighted by Crippen LogP contribution is 2.22. The maximum atomic E-state index is 3.74. The molecule has 1 heterocycles. The molecule has 2 nitrogen and oxygen atoms in total. The highest BCUT2D eigenvalue weighted by atomic mass is 79.9. The second-order valence-corrected chi connectivity index (χ2v) is 14.6. The average molecular weight is 697 g/mol. The first-order chi connectivity index (χ1) is 22.7. The smallest absolute Gasteiger partial charge is 0.183 e. The van der Waals surface area contributed by atoms with Crippen LogP contribution < -0.4 is 9.47 Å². The van der Waals surface area contributed by atoms with Crippen molar-refractivity contribution in [2.75, 3.05) is 18.0 Å². The van der Waals surface area contributed by atoms with Crippen molar-refractivity contribution >= 4 is 33.8 Å². The van der Waals surface area contributed by atoms with Gasteiger partial charge in [-0.2, -0.15) is 0 Å². The van der Waals surface area contributed by atoms with Gasteiger partial charge in [-0.25, -0.2) is 4.57 Å². The molecule has 0 radical (unpaired) electrons. The van der Waals surface area contributed by atoms with Crippen molar-refractivity contribution in [1.29, 1.82) is 0 Å². The second kappa shape index (κ2) is 28.4. The van der Waals surface area contributed by atoms with Crippen molar-refractivity contribution in [2.24, 2.45) is 0 Å². The van der Waals surface area contributed by atoms with E-state index in [1.807, 2.05) is 0 Å². The summed E-state index contributed by atoms with van der Waals surface area (Å²) in [5.41, 5.74) is 3.88. The quantitative estimate of drug-likeness (QED) is 0.0582. The Labute approximate surface area is 295 Å². The molecule has 0 saturated carbocycles. The highest BCUT2D eigenvalue weighted by Gasteiger charge is 2.08. The summed E-state index contributed by atoms with van der Waals surface area (Å²) in [6, 6.07) is 11.5. The lowest BCUT2D eigenvalue weighted by Gasteiger charge is -2.25. The maximum Gasteiger partial charge on any atom is 0.183 e. The summed E-state index contributed by atoms with van der Waals surface area (Å²) >= 11 is 3.74. The van der Waals surface area contributed by atoms with Crippen molar-refractivity contribution in [3.8, 4) is 0 Å². The van der Waals surface area contributed by atoms with E-state index in [-0.39, 0.29) is 0 Å². The molecule has 0 unspecified atom stereocenters. The topological polar surface area (TPSA) is 7.12 Å². The Morgan fingerprint density at radius 2 is 0.935 bits per heavy atom. The van der Waals surface area contributed by atoms with E-state index in [2.05, 4.69) is 101 Å². The zero-order valence-electron chi connectivity index (χ0n) is 30.6. The van der Waals surface area contributed by atoms with Crippen molar-refractivity contribution < 1.29 is 4.57 Å². The standard InChI is InChI=1S/C43H72BrN2/c1-4-7-9-11-13-15-17-19-21-23-25-27-36-46(37-28-26-24-22-20-18-16-14-12-10-8-5-2)42-33-30-40(31-34-42)29-32-41-35-38-45(6-3)39-43(41)44/h29-35,38-39H,4-28,36-37H2,1-3H3/q+1. The van der Waals surface area contributed by atoms with E-state index in [0.717, 1.165) is 11.0 Å². The molecule has 0 N–H and O–H groups in total. The molecule has 0 bridgehead atoms. The van der Waals surface area contributed by atoms with Crippen LogP contribution >= 0.6 is 15.9 Å². The molecule has 0 atom stereocenters. The van der Waals surface area contributed by atoms with Gasteiger partial charge in [0.2, 0.25) is 0 Å². The van der Waals surface area contributed by atoms with E-state index in [1.54, 1.807) is 0 Å². The first-order valence-electron chi connectivity index (χ1n) is 19.9. The summed E-state index contributed by atoms with van der Waals surface area (Å²) in [6.07, 6.45) is 42.7. The van der Waals surface area contributed by atoms with Crippen molar-refractivity contribution in [3.05, 3.63) is 58.3 Å². The van der Waals surface area contributed by atoms with Crippen LogP contribution in [0.1, 0.15) is 186 Å². The monoisotopic (exact) mass is 695 g/mol. The molecule has 3 heteroatoms. The number of rotatable bonds is 30. The van der Waals surface area contributed by atoms with Crippen LogP contribution in [0.15, 0.2) is 47.2 Å². The molecular formula is C43H72BrN2+. The first kappa shape index (κ1) is 40.6. The van der Waals surface area contributed by atoms with Crippen molar-refractivity contribution in [1.82, 2.24) is 0 Å². The lowest BCUT2D eigenvalue weighted by Crippen LogP contribution is -2.31. The third-order valence-corrected chi connectivity index (χ3v) is 10.3. The molecule has 2 aromatic rings. The Bertz CT molecular complexity index is 970. The van der Waals surface area contributed by atoms with Crippen LogP contribution in [0.5, 0.6) is 0 Å². The molecule has 0 fully saturated rings. The average Bonchev–Trinajstić information content (AvgIpc) is 3.08. The maximum absolute atomic E-state index is 3.74. The Morgan fingerprint density at radius 3 is 1.33 bits per heavy atom. The fourth-order valence-electron chi connectivity index (χ4n) is 6.49. The molecule has 0 aliphatic heterocycles. The number of nitrogens with zero attached hydrogens (tertiary/aromatic N) is 2. The molecule has 0 amide bonds. The molecule has 1 aromatic carbocycles. The summed E-state index contributed by atoms with van der Waals surface area (Å²) in [7, 11) is 0. The second-order valence-electron chi connectivity index (χ2n) is 13.8. The zero-order chi connectivity index (χ0) is 32.9. The Hall–Kier alpha value is -1.61. The van der Waals surface area contributed by atoms with Crippen molar-refractivity contribution in [3.63, 3.8) is 0 Å². The number of anilines is 1. The van der Waals surface area contributed by atoms with Crippen LogP contribution in [0.4, 0.5) is 5.69 Å². The van der Waals surface area contributed by atoms with Crippen LogP contribution in [-0.2, 0) is 6.54 Å². The molecule has 1 aromatic heterocycles. The molecule has 0 aliphatic carbocycles. The van der Waals surface area contributed by atoms with Crippen LogP contribution in [0, 0.1) is 0 Å². The predicted molar refractivity (Wildman–Crippen MR) is 210 cm³/mol. The predicted octanol–water partition coefficient (Wildman–Crippen LogP) is 14.1. The van der Waals surface area contributed by atoms with Gasteiger partial charge in [-0.05, 0) is 53.4 Å². The Morgan fingerprint density at radius 1 is 0.522 bits per heavy atom. The summed E-state index contributed by atoms with van der Waals surface area (Å²) < 4.78 is 3.33. The minimum atomic E-state index is 0.985. The number of hydrogen-bond donors (Lipinski definition) is 0. The highest BCUT2D eigenvalue weighted by molar-refractivity contribution is 9.10. The van der Waals surface area contributed by atoms with E-state index in [1.165, 1.54) is 184 Å². The summed E-state index contributed by atoms with van der Waals surface area (Å²) in [4.78, 5) is 2.68. The number of unbranched alkanes of at least 4 members (excludes halogenated alkanes) is 22. The van der Waals surface area contributed by atoms with E-state index < -0.39 is 0 Å². The largest absolute Gasteiger partial charge is 0.372 e. The normalized spacial score (nSPS) is 11.6.